The topological polar surface area (TPSA) is 74.6 Å². The van der Waals surface area contributed by atoms with Crippen LogP contribution in [0.3, 0.4) is 0 Å². The fourth-order valence-electron chi connectivity index (χ4n) is 4.66. The number of piperidine rings is 1. The largest absolute Gasteiger partial charge is 0.495 e. The monoisotopic (exact) mass is 491 g/mol. The van der Waals surface area contributed by atoms with E-state index >= 15 is 0 Å². The molecule has 4 rings (SSSR count). The van der Waals surface area contributed by atoms with Crippen molar-refractivity contribution in [2.24, 2.45) is 11.0 Å². The van der Waals surface area contributed by atoms with Crippen LogP contribution in [0.4, 0.5) is 24.5 Å². The summed E-state index contributed by atoms with van der Waals surface area (Å²) in [5.74, 6) is -0.803. The van der Waals surface area contributed by atoms with Gasteiger partial charge in [-0.2, -0.15) is 18.3 Å². The highest BCUT2D eigenvalue weighted by Crippen LogP contribution is 2.37. The summed E-state index contributed by atoms with van der Waals surface area (Å²) in [4.78, 5) is 13.5. The second kappa shape index (κ2) is 10.1. The molecule has 0 aliphatic carbocycles. The fraction of sp³-hybridized carbons (Fsp3) is 0.440. The lowest BCUT2D eigenvalue weighted by Gasteiger charge is -2.34. The van der Waals surface area contributed by atoms with E-state index in [1.165, 1.54) is 6.92 Å². The number of hydrogen-bond acceptors (Lipinski definition) is 6. The zero-order chi connectivity index (χ0) is 25.2. The van der Waals surface area contributed by atoms with E-state index in [0.29, 0.717) is 11.4 Å². The number of ether oxygens (including phenoxy) is 2. The molecule has 0 amide bonds. The zero-order valence-electron chi connectivity index (χ0n) is 19.5. The molecule has 0 radical (unpaired) electrons. The standard InChI is InChI=1S/C25H28F3N3O4/c1-16-21(15-23(32)33)31(29-24(16)25(26,27)28)17-7-9-18(10-8-17)35-19-11-13-30(14-12-19)20-5-3-4-6-22(20)34-2/h3-10,16,19,21H,11-15H2,1-2H3,(H,32,33)/t16-,21?/m0/s1. The molecule has 2 atom stereocenters. The number of alkyl halides is 3. The van der Waals surface area contributed by atoms with Crippen molar-refractivity contribution in [1.82, 2.24) is 0 Å². The maximum absolute atomic E-state index is 13.4. The van der Waals surface area contributed by atoms with Crippen molar-refractivity contribution in [3.8, 4) is 11.5 Å². The van der Waals surface area contributed by atoms with Crippen molar-refractivity contribution >= 4 is 23.1 Å². The molecule has 0 spiro atoms. The summed E-state index contributed by atoms with van der Waals surface area (Å²) in [7, 11) is 1.65. The quantitative estimate of drug-likeness (QED) is 0.590. The molecular formula is C25H28F3N3O4. The van der Waals surface area contributed by atoms with Crippen molar-refractivity contribution in [2.45, 2.75) is 44.5 Å². The van der Waals surface area contributed by atoms with E-state index in [4.69, 9.17) is 9.47 Å². The Bertz CT molecular complexity index is 1070. The maximum Gasteiger partial charge on any atom is 0.431 e. The smallest absolute Gasteiger partial charge is 0.431 e. The number of carbonyl (C=O) groups is 1. The average molecular weight is 492 g/mol. The number of carboxylic acids is 1. The average Bonchev–Trinajstić information content (AvgIpc) is 3.16. The van der Waals surface area contributed by atoms with E-state index in [2.05, 4.69) is 10.0 Å². The summed E-state index contributed by atoms with van der Waals surface area (Å²) >= 11 is 0. The number of nitrogens with zero attached hydrogens (tertiary/aromatic N) is 3. The molecule has 2 aliphatic heterocycles. The highest BCUT2D eigenvalue weighted by molar-refractivity contribution is 5.95. The molecule has 2 heterocycles. The SMILES string of the molecule is COc1ccccc1N1CCC(Oc2ccc(N3N=C(C(F)(F)F)[C@@H](C)C3CC(=O)O)cc2)CC1. The molecule has 1 unspecified atom stereocenters. The van der Waals surface area contributed by atoms with Gasteiger partial charge in [0.1, 0.15) is 23.3 Å². The van der Waals surface area contributed by atoms with Gasteiger partial charge < -0.3 is 19.5 Å². The number of hydrogen-bond donors (Lipinski definition) is 1. The first kappa shape index (κ1) is 24.7. The van der Waals surface area contributed by atoms with Gasteiger partial charge in [-0.05, 0) is 36.4 Å². The van der Waals surface area contributed by atoms with Crippen LogP contribution in [0.15, 0.2) is 53.6 Å². The van der Waals surface area contributed by atoms with E-state index in [9.17, 15) is 23.1 Å². The van der Waals surface area contributed by atoms with Crippen LogP contribution in [-0.4, -0.2) is 55.3 Å². The number of anilines is 2. The van der Waals surface area contributed by atoms with E-state index in [-0.39, 0.29) is 6.10 Å². The normalized spacial score (nSPS) is 21.1. The first-order valence-electron chi connectivity index (χ1n) is 11.5. The molecule has 10 heteroatoms. The van der Waals surface area contributed by atoms with Crippen molar-refractivity contribution in [3.63, 3.8) is 0 Å². The predicted octanol–water partition coefficient (Wildman–Crippen LogP) is 4.96. The van der Waals surface area contributed by atoms with E-state index in [1.54, 1.807) is 31.4 Å². The molecule has 1 saturated heterocycles. The second-order valence-corrected chi connectivity index (χ2v) is 8.75. The summed E-state index contributed by atoms with van der Waals surface area (Å²) in [6.45, 7) is 2.97. The Labute approximate surface area is 201 Å². The first-order chi connectivity index (χ1) is 16.7. The Morgan fingerprint density at radius 2 is 1.77 bits per heavy atom. The summed E-state index contributed by atoms with van der Waals surface area (Å²) in [6.07, 6.45) is -3.44. The minimum atomic E-state index is -4.62. The molecule has 1 N–H and O–H groups in total. The number of rotatable bonds is 7. The van der Waals surface area contributed by atoms with Gasteiger partial charge in [-0.15, -0.1) is 0 Å². The summed E-state index contributed by atoms with van der Waals surface area (Å²) < 4.78 is 51.7. The molecule has 188 valence electrons. The van der Waals surface area contributed by atoms with Crippen LogP contribution in [0.1, 0.15) is 26.2 Å². The molecule has 0 bridgehead atoms. The van der Waals surface area contributed by atoms with Gasteiger partial charge in [-0.3, -0.25) is 9.80 Å². The van der Waals surface area contributed by atoms with Crippen LogP contribution in [0, 0.1) is 5.92 Å². The molecule has 0 saturated carbocycles. The number of carboxylic acid groups (broad SMARTS) is 1. The third-order valence-electron chi connectivity index (χ3n) is 6.48. The molecule has 1 fully saturated rings. The summed E-state index contributed by atoms with van der Waals surface area (Å²) in [5, 5.41) is 14.1. The van der Waals surface area contributed by atoms with Crippen LogP contribution in [0.25, 0.3) is 0 Å². The maximum atomic E-state index is 13.4. The Morgan fingerprint density at radius 1 is 1.11 bits per heavy atom. The third kappa shape index (κ3) is 5.47. The van der Waals surface area contributed by atoms with Gasteiger partial charge in [0, 0.05) is 31.8 Å². The molecule has 35 heavy (non-hydrogen) atoms. The van der Waals surface area contributed by atoms with Crippen molar-refractivity contribution in [2.75, 3.05) is 30.1 Å². The number of para-hydroxylation sites is 2. The van der Waals surface area contributed by atoms with E-state index in [0.717, 1.165) is 42.4 Å². The molecule has 7 nitrogen and oxygen atoms in total. The first-order valence-corrected chi connectivity index (χ1v) is 11.5. The van der Waals surface area contributed by atoms with Gasteiger partial charge in [0.15, 0.2) is 0 Å². The second-order valence-electron chi connectivity index (χ2n) is 8.75. The van der Waals surface area contributed by atoms with Gasteiger partial charge in [0.05, 0.1) is 30.9 Å². The van der Waals surface area contributed by atoms with E-state index in [1.807, 2.05) is 24.3 Å². The Balaban J connectivity index is 1.41. The lowest BCUT2D eigenvalue weighted by atomic mass is 9.94. The van der Waals surface area contributed by atoms with Gasteiger partial charge in [0.2, 0.25) is 0 Å². The van der Waals surface area contributed by atoms with Crippen LogP contribution < -0.4 is 19.4 Å². The lowest BCUT2D eigenvalue weighted by molar-refractivity contribution is -0.137. The minimum Gasteiger partial charge on any atom is -0.495 e. The van der Waals surface area contributed by atoms with Gasteiger partial charge in [-0.25, -0.2) is 0 Å². The number of hydrazone groups is 1. The molecule has 2 aliphatic rings. The molecule has 2 aromatic rings. The molecule has 2 aromatic carbocycles. The van der Waals surface area contributed by atoms with Gasteiger partial charge in [-0.1, -0.05) is 19.1 Å². The molecular weight excluding hydrogens is 463 g/mol. The van der Waals surface area contributed by atoms with Crippen molar-refractivity contribution in [3.05, 3.63) is 48.5 Å². The van der Waals surface area contributed by atoms with Crippen molar-refractivity contribution < 1.29 is 32.5 Å². The van der Waals surface area contributed by atoms with Crippen LogP contribution in [0.5, 0.6) is 11.5 Å². The summed E-state index contributed by atoms with van der Waals surface area (Å²) in [6, 6.07) is 13.6. The van der Waals surface area contributed by atoms with Crippen LogP contribution >= 0.6 is 0 Å². The number of benzene rings is 2. The predicted molar refractivity (Wildman–Crippen MR) is 126 cm³/mol. The minimum absolute atomic E-state index is 0.00762. The van der Waals surface area contributed by atoms with Crippen LogP contribution in [-0.2, 0) is 4.79 Å². The summed E-state index contributed by atoms with van der Waals surface area (Å²) in [5.41, 5.74) is 0.471. The van der Waals surface area contributed by atoms with Gasteiger partial charge in [0.25, 0.3) is 0 Å². The van der Waals surface area contributed by atoms with Crippen LogP contribution in [0.2, 0.25) is 0 Å². The highest BCUT2D eigenvalue weighted by Gasteiger charge is 2.48. The number of halogens is 3. The van der Waals surface area contributed by atoms with E-state index < -0.39 is 36.2 Å². The highest BCUT2D eigenvalue weighted by atomic mass is 19.4. The van der Waals surface area contributed by atoms with Crippen molar-refractivity contribution in [1.29, 1.82) is 0 Å². The fourth-order valence-corrected chi connectivity index (χ4v) is 4.66. The molecule has 0 aromatic heterocycles. The number of aliphatic carboxylic acids is 1. The Kier molecular flexibility index (Phi) is 7.09. The van der Waals surface area contributed by atoms with Gasteiger partial charge >= 0.3 is 12.1 Å². The Hall–Kier alpha value is -3.43. The lowest BCUT2D eigenvalue weighted by Crippen LogP contribution is -2.38. The zero-order valence-corrected chi connectivity index (χ0v) is 19.5. The number of methoxy groups -OCH3 is 1. The third-order valence-corrected chi connectivity index (χ3v) is 6.48. The Morgan fingerprint density at radius 3 is 2.37 bits per heavy atom.